The highest BCUT2D eigenvalue weighted by Crippen LogP contribution is 2.28. The number of carbonyl (C=O) groups excluding carboxylic acids is 2. The zero-order valence-corrected chi connectivity index (χ0v) is 13.3. The second-order valence-electron chi connectivity index (χ2n) is 6.36. The van der Waals surface area contributed by atoms with Gasteiger partial charge in [-0.25, -0.2) is 0 Å². The molecule has 2 aliphatic heterocycles. The maximum absolute atomic E-state index is 12.0. The summed E-state index contributed by atoms with van der Waals surface area (Å²) >= 11 is 0. The Morgan fingerprint density at radius 2 is 1.86 bits per heavy atom. The van der Waals surface area contributed by atoms with E-state index in [1.807, 2.05) is 24.8 Å². The predicted octanol–water partition coefficient (Wildman–Crippen LogP) is 1.88. The van der Waals surface area contributed by atoms with E-state index in [1.165, 1.54) is 11.3 Å². The molecule has 1 fully saturated rings. The lowest BCUT2D eigenvalue weighted by Crippen LogP contribution is -2.49. The molecule has 2 amide bonds. The largest absolute Gasteiger partial charge is 0.368 e. The number of hydrogen-bond acceptors (Lipinski definition) is 3. The number of nitrogens with zero attached hydrogens (tertiary/aromatic N) is 2. The molecule has 1 aromatic carbocycles. The first kappa shape index (κ1) is 14.9. The second-order valence-corrected chi connectivity index (χ2v) is 6.36. The number of nitrogens with one attached hydrogen (secondary N) is 1. The number of aryl methyl sites for hydroxylation is 1. The molecule has 1 aromatic rings. The summed E-state index contributed by atoms with van der Waals surface area (Å²) in [4.78, 5) is 27.7. The van der Waals surface area contributed by atoms with Gasteiger partial charge in [0.2, 0.25) is 11.8 Å². The normalized spacial score (nSPS) is 18.2. The number of anilines is 2. The van der Waals surface area contributed by atoms with E-state index in [2.05, 4.69) is 22.3 Å². The molecule has 1 N–H and O–H groups in total. The summed E-state index contributed by atoms with van der Waals surface area (Å²) < 4.78 is 0. The van der Waals surface area contributed by atoms with Crippen molar-refractivity contribution in [3.63, 3.8) is 0 Å². The summed E-state index contributed by atoms with van der Waals surface area (Å²) in [6, 6.07) is 6.23. The topological polar surface area (TPSA) is 52.7 Å². The zero-order valence-electron chi connectivity index (χ0n) is 13.3. The SMILES string of the molecule is CC(C)C(=O)N1CCN(c2ccc3c(c2)CCC(=O)N3)CC1. The van der Waals surface area contributed by atoms with Crippen molar-refractivity contribution in [1.82, 2.24) is 4.90 Å². The first-order valence-corrected chi connectivity index (χ1v) is 8.01. The van der Waals surface area contributed by atoms with Crippen LogP contribution in [0.2, 0.25) is 0 Å². The lowest BCUT2D eigenvalue weighted by molar-refractivity contribution is -0.134. The fraction of sp³-hybridized carbons (Fsp3) is 0.529. The van der Waals surface area contributed by atoms with E-state index in [9.17, 15) is 9.59 Å². The maximum atomic E-state index is 12.0. The quantitative estimate of drug-likeness (QED) is 0.907. The number of piperazine rings is 1. The molecule has 0 spiro atoms. The van der Waals surface area contributed by atoms with Gasteiger partial charge in [-0.1, -0.05) is 13.8 Å². The Bertz CT molecular complexity index is 590. The van der Waals surface area contributed by atoms with Gasteiger partial charge in [0.05, 0.1) is 0 Å². The third-order valence-corrected chi connectivity index (χ3v) is 4.43. The Morgan fingerprint density at radius 3 is 2.55 bits per heavy atom. The van der Waals surface area contributed by atoms with Crippen molar-refractivity contribution in [3.05, 3.63) is 23.8 Å². The molecule has 0 aliphatic carbocycles. The van der Waals surface area contributed by atoms with Crippen LogP contribution in [0.4, 0.5) is 11.4 Å². The summed E-state index contributed by atoms with van der Waals surface area (Å²) in [5.41, 5.74) is 3.33. The van der Waals surface area contributed by atoms with Gasteiger partial charge in [-0.2, -0.15) is 0 Å². The molecule has 3 rings (SSSR count). The molecule has 5 nitrogen and oxygen atoms in total. The standard InChI is InChI=1S/C17H23N3O2/c1-12(2)17(22)20-9-7-19(8-10-20)14-4-5-15-13(11-14)3-6-16(21)18-15/h4-5,11-12H,3,6-10H2,1-2H3,(H,18,21). The Morgan fingerprint density at radius 1 is 1.14 bits per heavy atom. The van der Waals surface area contributed by atoms with Gasteiger partial charge in [-0.05, 0) is 30.2 Å². The molecule has 0 atom stereocenters. The van der Waals surface area contributed by atoms with Gasteiger partial charge in [-0.15, -0.1) is 0 Å². The van der Waals surface area contributed by atoms with Crippen LogP contribution >= 0.6 is 0 Å². The van der Waals surface area contributed by atoms with Crippen LogP contribution in [0.15, 0.2) is 18.2 Å². The van der Waals surface area contributed by atoms with Gasteiger partial charge in [0.15, 0.2) is 0 Å². The lowest BCUT2D eigenvalue weighted by atomic mass is 10.0. The zero-order chi connectivity index (χ0) is 15.7. The van der Waals surface area contributed by atoms with Gasteiger partial charge in [0.25, 0.3) is 0 Å². The molecule has 0 bridgehead atoms. The van der Waals surface area contributed by atoms with Crippen molar-refractivity contribution in [2.45, 2.75) is 26.7 Å². The monoisotopic (exact) mass is 301 g/mol. The van der Waals surface area contributed by atoms with Crippen molar-refractivity contribution in [2.24, 2.45) is 5.92 Å². The van der Waals surface area contributed by atoms with E-state index < -0.39 is 0 Å². The predicted molar refractivity (Wildman–Crippen MR) is 87.0 cm³/mol. The molecule has 1 saturated heterocycles. The number of fused-ring (bicyclic) bond motifs is 1. The fourth-order valence-corrected chi connectivity index (χ4v) is 3.12. The van der Waals surface area contributed by atoms with Crippen LogP contribution < -0.4 is 10.2 Å². The first-order chi connectivity index (χ1) is 10.5. The average Bonchev–Trinajstić information content (AvgIpc) is 2.53. The van der Waals surface area contributed by atoms with Crippen LogP contribution in [0, 0.1) is 5.92 Å². The van der Waals surface area contributed by atoms with Crippen LogP contribution in [0.5, 0.6) is 0 Å². The van der Waals surface area contributed by atoms with Gasteiger partial charge in [0, 0.05) is 49.9 Å². The molecular formula is C17H23N3O2. The highest BCUT2D eigenvalue weighted by atomic mass is 16.2. The van der Waals surface area contributed by atoms with E-state index in [-0.39, 0.29) is 17.7 Å². The maximum Gasteiger partial charge on any atom is 0.225 e. The molecule has 2 aliphatic rings. The van der Waals surface area contributed by atoms with Crippen molar-refractivity contribution in [1.29, 1.82) is 0 Å². The summed E-state index contributed by atoms with van der Waals surface area (Å²) in [7, 11) is 0. The van der Waals surface area contributed by atoms with E-state index in [1.54, 1.807) is 0 Å². The second kappa shape index (κ2) is 5.99. The fourth-order valence-electron chi connectivity index (χ4n) is 3.12. The van der Waals surface area contributed by atoms with E-state index >= 15 is 0 Å². The summed E-state index contributed by atoms with van der Waals surface area (Å²) in [6.45, 7) is 7.20. The molecule has 0 radical (unpaired) electrons. The molecule has 0 unspecified atom stereocenters. The minimum absolute atomic E-state index is 0.0684. The highest BCUT2D eigenvalue weighted by Gasteiger charge is 2.23. The van der Waals surface area contributed by atoms with Gasteiger partial charge in [-0.3, -0.25) is 9.59 Å². The molecular weight excluding hydrogens is 278 g/mol. The van der Waals surface area contributed by atoms with Crippen LogP contribution in [-0.2, 0) is 16.0 Å². The van der Waals surface area contributed by atoms with Gasteiger partial charge >= 0.3 is 0 Å². The molecule has 2 heterocycles. The van der Waals surface area contributed by atoms with Crippen molar-refractivity contribution >= 4 is 23.2 Å². The molecule has 118 valence electrons. The Hall–Kier alpha value is -2.04. The number of amides is 2. The Balaban J connectivity index is 1.67. The minimum atomic E-state index is 0.0684. The smallest absolute Gasteiger partial charge is 0.225 e. The first-order valence-electron chi connectivity index (χ1n) is 8.01. The number of carbonyl (C=O) groups is 2. The molecule has 0 aromatic heterocycles. The number of hydrogen-bond donors (Lipinski definition) is 1. The van der Waals surface area contributed by atoms with E-state index in [0.29, 0.717) is 6.42 Å². The van der Waals surface area contributed by atoms with Crippen molar-refractivity contribution < 1.29 is 9.59 Å². The van der Waals surface area contributed by atoms with Crippen LogP contribution in [0.25, 0.3) is 0 Å². The van der Waals surface area contributed by atoms with Gasteiger partial charge < -0.3 is 15.1 Å². The molecule has 22 heavy (non-hydrogen) atoms. The van der Waals surface area contributed by atoms with Crippen LogP contribution in [0.3, 0.4) is 0 Å². The summed E-state index contributed by atoms with van der Waals surface area (Å²) in [6.07, 6.45) is 1.37. The van der Waals surface area contributed by atoms with Crippen LogP contribution in [-0.4, -0.2) is 42.9 Å². The minimum Gasteiger partial charge on any atom is -0.368 e. The highest BCUT2D eigenvalue weighted by molar-refractivity contribution is 5.94. The van der Waals surface area contributed by atoms with E-state index in [0.717, 1.165) is 38.3 Å². The summed E-state index contributed by atoms with van der Waals surface area (Å²) in [5.74, 6) is 0.410. The van der Waals surface area contributed by atoms with Crippen LogP contribution in [0.1, 0.15) is 25.8 Å². The lowest BCUT2D eigenvalue weighted by Gasteiger charge is -2.37. The number of rotatable bonds is 2. The average molecular weight is 301 g/mol. The summed E-state index contributed by atoms with van der Waals surface area (Å²) in [5, 5.41) is 2.91. The third kappa shape index (κ3) is 2.93. The van der Waals surface area contributed by atoms with Crippen molar-refractivity contribution in [2.75, 3.05) is 36.4 Å². The van der Waals surface area contributed by atoms with Crippen molar-refractivity contribution in [3.8, 4) is 0 Å². The molecule has 5 heteroatoms. The Kier molecular flexibility index (Phi) is 4.05. The Labute approximate surface area is 131 Å². The molecule has 0 saturated carbocycles. The van der Waals surface area contributed by atoms with Gasteiger partial charge in [0.1, 0.15) is 0 Å². The van der Waals surface area contributed by atoms with E-state index in [4.69, 9.17) is 0 Å². The third-order valence-electron chi connectivity index (χ3n) is 4.43. The number of benzene rings is 1.